The molecule has 5 heteroatoms. The van der Waals surface area contributed by atoms with Crippen LogP contribution >= 0.6 is 0 Å². The summed E-state index contributed by atoms with van der Waals surface area (Å²) in [7, 11) is 1.78. The number of hydrogen-bond donors (Lipinski definition) is 1. The molecule has 84 valence electrons. The van der Waals surface area contributed by atoms with Gasteiger partial charge in [-0.25, -0.2) is 4.98 Å². The van der Waals surface area contributed by atoms with Gasteiger partial charge in [-0.15, -0.1) is 0 Å². The highest BCUT2D eigenvalue weighted by Crippen LogP contribution is 2.13. The zero-order chi connectivity index (χ0) is 11.4. The predicted molar refractivity (Wildman–Crippen MR) is 56.9 cm³/mol. The van der Waals surface area contributed by atoms with Crippen molar-refractivity contribution in [3.05, 3.63) is 12.2 Å². The number of aromatic nitrogens is 3. The lowest BCUT2D eigenvalue weighted by atomic mass is 9.97. The van der Waals surface area contributed by atoms with Gasteiger partial charge in [0.1, 0.15) is 12.2 Å². The van der Waals surface area contributed by atoms with E-state index in [2.05, 4.69) is 15.2 Å². The molecule has 0 aliphatic carbocycles. The molecule has 1 atom stereocenters. The highest BCUT2D eigenvalue weighted by Gasteiger charge is 2.20. The number of nitrogens with one attached hydrogen (secondary N) is 1. The Hall–Kier alpha value is -1.39. The van der Waals surface area contributed by atoms with Crippen molar-refractivity contribution in [1.82, 2.24) is 20.1 Å². The van der Waals surface area contributed by atoms with Gasteiger partial charge in [0.25, 0.3) is 0 Å². The van der Waals surface area contributed by atoms with Crippen molar-refractivity contribution in [2.45, 2.75) is 27.3 Å². The second-order valence-electron chi connectivity index (χ2n) is 4.16. The van der Waals surface area contributed by atoms with Crippen LogP contribution in [-0.2, 0) is 11.3 Å². The SMILES string of the molecule is CC(C)C(C)C(=O)N(C)Cc1ncn[nH]1. The molecule has 15 heavy (non-hydrogen) atoms. The highest BCUT2D eigenvalue weighted by atomic mass is 16.2. The van der Waals surface area contributed by atoms with E-state index < -0.39 is 0 Å². The van der Waals surface area contributed by atoms with E-state index in [4.69, 9.17) is 0 Å². The molecule has 0 fully saturated rings. The number of aromatic amines is 1. The minimum Gasteiger partial charge on any atom is -0.338 e. The van der Waals surface area contributed by atoms with E-state index in [9.17, 15) is 4.79 Å². The average Bonchev–Trinajstić information content (AvgIpc) is 2.67. The molecule has 0 spiro atoms. The van der Waals surface area contributed by atoms with Gasteiger partial charge in [-0.05, 0) is 5.92 Å². The molecular formula is C10H18N4O. The third-order valence-corrected chi connectivity index (χ3v) is 2.62. The van der Waals surface area contributed by atoms with Gasteiger partial charge < -0.3 is 4.90 Å². The lowest BCUT2D eigenvalue weighted by Gasteiger charge is -2.22. The molecule has 0 saturated carbocycles. The first-order valence-corrected chi connectivity index (χ1v) is 5.11. The van der Waals surface area contributed by atoms with Crippen LogP contribution in [0.1, 0.15) is 26.6 Å². The van der Waals surface area contributed by atoms with Gasteiger partial charge in [0.05, 0.1) is 6.54 Å². The Balaban J connectivity index is 2.54. The topological polar surface area (TPSA) is 61.9 Å². The molecule has 1 rings (SSSR count). The van der Waals surface area contributed by atoms with Crippen molar-refractivity contribution < 1.29 is 4.79 Å². The second kappa shape index (κ2) is 4.91. The number of carbonyl (C=O) groups excluding carboxylic acids is 1. The second-order valence-corrected chi connectivity index (χ2v) is 4.16. The molecule has 0 aliphatic heterocycles. The standard InChI is InChI=1S/C10H18N4O/c1-7(2)8(3)10(15)14(4)5-9-11-6-12-13-9/h6-8H,5H2,1-4H3,(H,11,12,13). The largest absolute Gasteiger partial charge is 0.338 e. The fraction of sp³-hybridized carbons (Fsp3) is 0.700. The number of nitrogens with zero attached hydrogens (tertiary/aromatic N) is 3. The Labute approximate surface area is 89.9 Å². The summed E-state index contributed by atoms with van der Waals surface area (Å²) >= 11 is 0. The van der Waals surface area contributed by atoms with E-state index in [-0.39, 0.29) is 11.8 Å². The summed E-state index contributed by atoms with van der Waals surface area (Å²) in [6.07, 6.45) is 1.44. The Morgan fingerprint density at radius 1 is 1.53 bits per heavy atom. The van der Waals surface area contributed by atoms with E-state index in [1.165, 1.54) is 6.33 Å². The molecule has 0 bridgehead atoms. The summed E-state index contributed by atoms with van der Waals surface area (Å²) in [6.45, 7) is 6.52. The van der Waals surface area contributed by atoms with Crippen LogP contribution in [0.25, 0.3) is 0 Å². The van der Waals surface area contributed by atoms with Gasteiger partial charge >= 0.3 is 0 Å². The molecule has 1 amide bonds. The maximum absolute atomic E-state index is 11.9. The summed E-state index contributed by atoms with van der Waals surface area (Å²) in [6, 6.07) is 0. The quantitative estimate of drug-likeness (QED) is 0.808. The van der Waals surface area contributed by atoms with E-state index in [0.29, 0.717) is 18.3 Å². The van der Waals surface area contributed by atoms with Crippen LogP contribution in [0.4, 0.5) is 0 Å². The minimum atomic E-state index is 0.0397. The van der Waals surface area contributed by atoms with Crippen LogP contribution in [0.5, 0.6) is 0 Å². The fourth-order valence-corrected chi connectivity index (χ4v) is 1.24. The van der Waals surface area contributed by atoms with Gasteiger partial charge in [0.15, 0.2) is 0 Å². The molecule has 0 radical (unpaired) electrons. The normalized spacial score (nSPS) is 12.9. The number of carbonyl (C=O) groups is 1. The van der Waals surface area contributed by atoms with Crippen molar-refractivity contribution in [1.29, 1.82) is 0 Å². The van der Waals surface area contributed by atoms with Gasteiger partial charge in [-0.3, -0.25) is 9.89 Å². The molecule has 5 nitrogen and oxygen atoms in total. The van der Waals surface area contributed by atoms with E-state index in [1.54, 1.807) is 11.9 Å². The molecule has 0 aliphatic rings. The molecular weight excluding hydrogens is 192 g/mol. The zero-order valence-corrected chi connectivity index (χ0v) is 9.69. The lowest BCUT2D eigenvalue weighted by Crippen LogP contribution is -2.33. The number of H-pyrrole nitrogens is 1. The van der Waals surface area contributed by atoms with E-state index in [0.717, 1.165) is 0 Å². The smallest absolute Gasteiger partial charge is 0.225 e. The maximum Gasteiger partial charge on any atom is 0.225 e. The van der Waals surface area contributed by atoms with Gasteiger partial charge in [0.2, 0.25) is 5.91 Å². The van der Waals surface area contributed by atoms with Gasteiger partial charge in [-0.2, -0.15) is 5.10 Å². The summed E-state index contributed by atoms with van der Waals surface area (Å²) in [5.74, 6) is 1.25. The van der Waals surface area contributed by atoms with Crippen molar-refractivity contribution >= 4 is 5.91 Å². The number of rotatable bonds is 4. The predicted octanol–water partition coefficient (Wildman–Crippen LogP) is 1.06. The van der Waals surface area contributed by atoms with Crippen LogP contribution in [0, 0.1) is 11.8 Å². The van der Waals surface area contributed by atoms with Crippen molar-refractivity contribution in [2.24, 2.45) is 11.8 Å². The number of amides is 1. The summed E-state index contributed by atoms with van der Waals surface area (Å²) in [5, 5.41) is 6.48. The summed E-state index contributed by atoms with van der Waals surface area (Å²) in [5.41, 5.74) is 0. The molecule has 0 saturated heterocycles. The van der Waals surface area contributed by atoms with Crippen molar-refractivity contribution in [2.75, 3.05) is 7.05 Å². The first kappa shape index (κ1) is 11.7. The third kappa shape index (κ3) is 3.04. The minimum absolute atomic E-state index is 0.0397. The van der Waals surface area contributed by atoms with Gasteiger partial charge in [0, 0.05) is 13.0 Å². The third-order valence-electron chi connectivity index (χ3n) is 2.62. The Morgan fingerprint density at radius 2 is 2.20 bits per heavy atom. The summed E-state index contributed by atoms with van der Waals surface area (Å²) < 4.78 is 0. The molecule has 1 heterocycles. The van der Waals surface area contributed by atoms with Crippen LogP contribution in [0.15, 0.2) is 6.33 Å². The fourth-order valence-electron chi connectivity index (χ4n) is 1.24. The first-order chi connectivity index (χ1) is 7.02. The Morgan fingerprint density at radius 3 is 2.67 bits per heavy atom. The Bertz CT molecular complexity index is 307. The Kier molecular flexibility index (Phi) is 3.82. The van der Waals surface area contributed by atoms with Crippen LogP contribution in [-0.4, -0.2) is 33.0 Å². The van der Waals surface area contributed by atoms with E-state index >= 15 is 0 Å². The van der Waals surface area contributed by atoms with E-state index in [1.807, 2.05) is 20.8 Å². The van der Waals surface area contributed by atoms with Gasteiger partial charge in [-0.1, -0.05) is 20.8 Å². The molecule has 1 aromatic rings. The average molecular weight is 210 g/mol. The van der Waals surface area contributed by atoms with Crippen molar-refractivity contribution in [3.63, 3.8) is 0 Å². The molecule has 1 unspecified atom stereocenters. The number of hydrogen-bond acceptors (Lipinski definition) is 3. The van der Waals surface area contributed by atoms with Crippen molar-refractivity contribution in [3.8, 4) is 0 Å². The first-order valence-electron chi connectivity index (χ1n) is 5.11. The monoisotopic (exact) mass is 210 g/mol. The highest BCUT2D eigenvalue weighted by molar-refractivity contribution is 5.78. The lowest BCUT2D eigenvalue weighted by molar-refractivity contribution is -0.135. The summed E-state index contributed by atoms with van der Waals surface area (Å²) in [4.78, 5) is 17.5. The molecule has 1 aromatic heterocycles. The van der Waals surface area contributed by atoms with Crippen LogP contribution in [0.3, 0.4) is 0 Å². The molecule has 1 N–H and O–H groups in total. The zero-order valence-electron chi connectivity index (χ0n) is 9.69. The van der Waals surface area contributed by atoms with Crippen LogP contribution < -0.4 is 0 Å². The maximum atomic E-state index is 11.9. The van der Waals surface area contributed by atoms with Crippen LogP contribution in [0.2, 0.25) is 0 Å². The molecule has 0 aromatic carbocycles.